The van der Waals surface area contributed by atoms with E-state index >= 15 is 0 Å². The summed E-state index contributed by atoms with van der Waals surface area (Å²) < 4.78 is 5.53. The number of hydrogen-bond donors (Lipinski definition) is 2. The van der Waals surface area contributed by atoms with E-state index in [1.807, 2.05) is 13.8 Å². The molecule has 1 aliphatic rings. The molecule has 0 aromatic carbocycles. The Kier molecular flexibility index (Phi) is 5.55. The largest absolute Gasteiger partial charge is 0.409 e. The maximum absolute atomic E-state index is 8.47. The van der Waals surface area contributed by atoms with Crippen LogP contribution in [0.1, 0.15) is 33.1 Å². The summed E-state index contributed by atoms with van der Waals surface area (Å²) >= 11 is 0. The lowest BCUT2D eigenvalue weighted by atomic mass is 10.3. The summed E-state index contributed by atoms with van der Waals surface area (Å²) in [7, 11) is 0. The Hall–Kier alpha value is -0.810. The molecule has 0 aliphatic heterocycles. The molecule has 0 amide bonds. The Bertz CT molecular complexity index is 227. The monoisotopic (exact) mass is 229 g/mol. The molecule has 0 heterocycles. The van der Waals surface area contributed by atoms with E-state index in [1.165, 1.54) is 12.8 Å². The molecule has 0 aromatic heterocycles. The van der Waals surface area contributed by atoms with E-state index in [0.29, 0.717) is 18.3 Å². The van der Waals surface area contributed by atoms with Crippen LogP contribution in [-0.2, 0) is 4.74 Å². The number of nitrogens with two attached hydrogens (primary N) is 1. The van der Waals surface area contributed by atoms with Gasteiger partial charge >= 0.3 is 0 Å². The first-order valence-electron chi connectivity index (χ1n) is 5.95. The van der Waals surface area contributed by atoms with Gasteiger partial charge in [-0.25, -0.2) is 0 Å². The SMILES string of the molecule is CC(C)OCCN(CCC(N)=NO)C1CC1. The minimum atomic E-state index is 0.283. The van der Waals surface area contributed by atoms with E-state index in [1.54, 1.807) is 0 Å². The zero-order valence-corrected chi connectivity index (χ0v) is 10.2. The van der Waals surface area contributed by atoms with Crippen LogP contribution in [0.2, 0.25) is 0 Å². The van der Waals surface area contributed by atoms with Crippen molar-refractivity contribution in [2.24, 2.45) is 10.9 Å². The van der Waals surface area contributed by atoms with Crippen molar-refractivity contribution in [2.75, 3.05) is 19.7 Å². The van der Waals surface area contributed by atoms with Gasteiger partial charge in [-0.05, 0) is 26.7 Å². The van der Waals surface area contributed by atoms with E-state index in [0.717, 1.165) is 19.7 Å². The molecular weight excluding hydrogens is 206 g/mol. The second-order valence-corrected chi connectivity index (χ2v) is 4.53. The van der Waals surface area contributed by atoms with Gasteiger partial charge in [-0.2, -0.15) is 0 Å². The molecule has 1 saturated carbocycles. The molecule has 5 nitrogen and oxygen atoms in total. The third-order valence-corrected chi connectivity index (χ3v) is 2.68. The Morgan fingerprint density at radius 1 is 1.50 bits per heavy atom. The van der Waals surface area contributed by atoms with E-state index in [4.69, 9.17) is 15.7 Å². The first-order chi connectivity index (χ1) is 7.63. The molecule has 0 spiro atoms. The number of amidine groups is 1. The smallest absolute Gasteiger partial charge is 0.140 e. The van der Waals surface area contributed by atoms with Crippen molar-refractivity contribution in [1.29, 1.82) is 0 Å². The number of oxime groups is 1. The fourth-order valence-corrected chi connectivity index (χ4v) is 1.63. The third-order valence-electron chi connectivity index (χ3n) is 2.68. The Labute approximate surface area is 97.2 Å². The van der Waals surface area contributed by atoms with Gasteiger partial charge in [-0.3, -0.25) is 4.90 Å². The van der Waals surface area contributed by atoms with Crippen molar-refractivity contribution in [3.8, 4) is 0 Å². The molecule has 0 atom stereocenters. The van der Waals surface area contributed by atoms with Crippen LogP contribution >= 0.6 is 0 Å². The first-order valence-corrected chi connectivity index (χ1v) is 5.95. The van der Waals surface area contributed by atoms with Crippen LogP contribution in [0.5, 0.6) is 0 Å². The average molecular weight is 229 g/mol. The predicted octanol–water partition coefficient (Wildman–Crippen LogP) is 1.01. The number of nitrogens with zero attached hydrogens (tertiary/aromatic N) is 2. The Morgan fingerprint density at radius 3 is 2.69 bits per heavy atom. The van der Waals surface area contributed by atoms with Crippen LogP contribution in [-0.4, -0.2) is 47.8 Å². The molecule has 0 radical (unpaired) electrons. The van der Waals surface area contributed by atoms with E-state index in [9.17, 15) is 0 Å². The van der Waals surface area contributed by atoms with Crippen molar-refractivity contribution >= 4 is 5.84 Å². The molecule has 5 heteroatoms. The quantitative estimate of drug-likeness (QED) is 0.282. The van der Waals surface area contributed by atoms with E-state index in [2.05, 4.69) is 10.1 Å². The highest BCUT2D eigenvalue weighted by atomic mass is 16.5. The van der Waals surface area contributed by atoms with Gasteiger partial charge in [0, 0.05) is 25.6 Å². The summed E-state index contributed by atoms with van der Waals surface area (Å²) in [6.45, 7) is 6.61. The highest BCUT2D eigenvalue weighted by Crippen LogP contribution is 2.26. The van der Waals surface area contributed by atoms with Gasteiger partial charge in [0.15, 0.2) is 0 Å². The lowest BCUT2D eigenvalue weighted by Gasteiger charge is -2.22. The van der Waals surface area contributed by atoms with Gasteiger partial charge in [0.2, 0.25) is 0 Å². The molecule has 94 valence electrons. The fourth-order valence-electron chi connectivity index (χ4n) is 1.63. The molecule has 16 heavy (non-hydrogen) atoms. The highest BCUT2D eigenvalue weighted by Gasteiger charge is 2.28. The molecule has 1 aliphatic carbocycles. The van der Waals surface area contributed by atoms with Crippen LogP contribution in [0.25, 0.3) is 0 Å². The van der Waals surface area contributed by atoms with Crippen LogP contribution in [0.15, 0.2) is 5.16 Å². The molecule has 3 N–H and O–H groups in total. The van der Waals surface area contributed by atoms with Gasteiger partial charge < -0.3 is 15.7 Å². The lowest BCUT2D eigenvalue weighted by molar-refractivity contribution is 0.0578. The fraction of sp³-hybridized carbons (Fsp3) is 0.909. The maximum atomic E-state index is 8.47. The average Bonchev–Trinajstić information content (AvgIpc) is 3.05. The van der Waals surface area contributed by atoms with E-state index in [-0.39, 0.29) is 6.10 Å². The van der Waals surface area contributed by atoms with Crippen LogP contribution in [0.4, 0.5) is 0 Å². The van der Waals surface area contributed by atoms with Crippen molar-refractivity contribution in [3.05, 3.63) is 0 Å². The van der Waals surface area contributed by atoms with Crippen LogP contribution in [0, 0.1) is 0 Å². The van der Waals surface area contributed by atoms with Crippen molar-refractivity contribution in [3.63, 3.8) is 0 Å². The lowest BCUT2D eigenvalue weighted by Crippen LogP contribution is -2.33. The van der Waals surface area contributed by atoms with Gasteiger partial charge in [-0.1, -0.05) is 5.16 Å². The Morgan fingerprint density at radius 2 is 2.19 bits per heavy atom. The van der Waals surface area contributed by atoms with Crippen molar-refractivity contribution in [2.45, 2.75) is 45.3 Å². The van der Waals surface area contributed by atoms with Gasteiger partial charge in [0.25, 0.3) is 0 Å². The minimum Gasteiger partial charge on any atom is -0.409 e. The summed E-state index contributed by atoms with van der Waals surface area (Å²) in [6, 6.07) is 0.683. The van der Waals surface area contributed by atoms with Gasteiger partial charge in [-0.15, -0.1) is 0 Å². The minimum absolute atomic E-state index is 0.283. The summed E-state index contributed by atoms with van der Waals surface area (Å²) in [5.41, 5.74) is 5.46. The maximum Gasteiger partial charge on any atom is 0.140 e. The van der Waals surface area contributed by atoms with Crippen LogP contribution < -0.4 is 5.73 Å². The summed E-state index contributed by atoms with van der Waals surface area (Å²) in [4.78, 5) is 2.36. The van der Waals surface area contributed by atoms with Crippen molar-refractivity contribution in [1.82, 2.24) is 4.90 Å². The molecule has 0 unspecified atom stereocenters. The standard InChI is InChI=1S/C11H23N3O2/c1-9(2)16-8-7-14(10-3-4-10)6-5-11(12)13-15/h9-10,15H,3-8H2,1-2H3,(H2,12,13). The Balaban J connectivity index is 2.20. The summed E-state index contributed by atoms with van der Waals surface area (Å²) in [5, 5.41) is 11.5. The van der Waals surface area contributed by atoms with E-state index < -0.39 is 0 Å². The molecule has 1 fully saturated rings. The first kappa shape index (κ1) is 13.3. The topological polar surface area (TPSA) is 71.1 Å². The number of hydrogen-bond acceptors (Lipinski definition) is 4. The van der Waals surface area contributed by atoms with Gasteiger partial charge in [0.1, 0.15) is 5.84 Å². The summed E-state index contributed by atoms with van der Waals surface area (Å²) in [6.07, 6.45) is 3.43. The predicted molar refractivity (Wildman–Crippen MR) is 63.7 cm³/mol. The molecule has 0 bridgehead atoms. The third kappa shape index (κ3) is 5.32. The van der Waals surface area contributed by atoms with Crippen molar-refractivity contribution < 1.29 is 9.94 Å². The second kappa shape index (κ2) is 6.70. The molecule has 0 aromatic rings. The normalized spacial score (nSPS) is 17.4. The molecule has 1 rings (SSSR count). The summed E-state index contributed by atoms with van der Waals surface area (Å²) in [5.74, 6) is 0.301. The second-order valence-electron chi connectivity index (χ2n) is 4.53. The van der Waals surface area contributed by atoms with Crippen LogP contribution in [0.3, 0.4) is 0 Å². The van der Waals surface area contributed by atoms with Gasteiger partial charge in [0.05, 0.1) is 12.7 Å². The number of rotatable bonds is 8. The zero-order chi connectivity index (χ0) is 12.0. The molecule has 0 saturated heterocycles. The highest BCUT2D eigenvalue weighted by molar-refractivity contribution is 5.79. The number of ether oxygens (including phenoxy) is 1. The molecular formula is C11H23N3O2. The zero-order valence-electron chi connectivity index (χ0n) is 10.2.